The molecule has 0 fully saturated rings. The van der Waals surface area contributed by atoms with Crippen LogP contribution in [-0.2, 0) is 19.1 Å². The molecule has 152 valence electrons. The molecule has 0 aromatic heterocycles. The van der Waals surface area contributed by atoms with Crippen LogP contribution in [0.5, 0.6) is 5.75 Å². The molecule has 1 aliphatic heterocycles. The summed E-state index contributed by atoms with van der Waals surface area (Å²) in [6.07, 6.45) is 0.201. The second kappa shape index (κ2) is 9.23. The summed E-state index contributed by atoms with van der Waals surface area (Å²) in [6.45, 7) is 3.48. The van der Waals surface area contributed by atoms with Crippen LogP contribution in [0.2, 0.25) is 0 Å². The maximum atomic E-state index is 12.8. The molecule has 7 nitrogen and oxygen atoms in total. The Morgan fingerprint density at radius 1 is 1.14 bits per heavy atom. The number of rotatable bonds is 6. The zero-order valence-corrected chi connectivity index (χ0v) is 16.5. The quantitative estimate of drug-likeness (QED) is 0.759. The first kappa shape index (κ1) is 20.4. The van der Waals surface area contributed by atoms with E-state index in [1.807, 2.05) is 31.2 Å². The molecule has 0 aliphatic carbocycles. The van der Waals surface area contributed by atoms with Crippen molar-refractivity contribution in [2.75, 3.05) is 23.4 Å². The Morgan fingerprint density at radius 3 is 2.66 bits per heavy atom. The van der Waals surface area contributed by atoms with E-state index in [9.17, 15) is 14.4 Å². The summed E-state index contributed by atoms with van der Waals surface area (Å²) >= 11 is 0. The predicted octanol–water partition coefficient (Wildman–Crippen LogP) is 3.07. The smallest absolute Gasteiger partial charge is 0.309 e. The van der Waals surface area contributed by atoms with Gasteiger partial charge >= 0.3 is 5.97 Å². The maximum Gasteiger partial charge on any atom is 0.309 e. The molecule has 0 saturated heterocycles. The van der Waals surface area contributed by atoms with Crippen LogP contribution in [0.4, 0.5) is 11.4 Å². The van der Waals surface area contributed by atoms with Crippen LogP contribution in [0.1, 0.15) is 25.3 Å². The van der Waals surface area contributed by atoms with Crippen LogP contribution >= 0.6 is 0 Å². The highest BCUT2D eigenvalue weighted by atomic mass is 16.5. The Balaban J connectivity index is 1.55. The second-order valence-corrected chi connectivity index (χ2v) is 6.91. The zero-order valence-electron chi connectivity index (χ0n) is 16.5. The third kappa shape index (κ3) is 5.13. The summed E-state index contributed by atoms with van der Waals surface area (Å²) in [5.74, 6) is -0.347. The molecule has 1 aliphatic rings. The number of esters is 1. The van der Waals surface area contributed by atoms with Crippen molar-refractivity contribution in [3.8, 4) is 5.75 Å². The summed E-state index contributed by atoms with van der Waals surface area (Å²) < 4.78 is 10.7. The number of benzene rings is 2. The van der Waals surface area contributed by atoms with Crippen molar-refractivity contribution < 1.29 is 23.9 Å². The van der Waals surface area contributed by atoms with E-state index in [1.54, 1.807) is 31.2 Å². The lowest BCUT2D eigenvalue weighted by atomic mass is 10.1. The molecular formula is C22H24N2O5. The molecule has 0 saturated carbocycles. The number of amides is 2. The minimum atomic E-state index is -0.517. The van der Waals surface area contributed by atoms with Gasteiger partial charge in [-0.2, -0.15) is 0 Å². The lowest BCUT2D eigenvalue weighted by Crippen LogP contribution is -2.41. The topological polar surface area (TPSA) is 84.9 Å². The van der Waals surface area contributed by atoms with Crippen molar-refractivity contribution >= 4 is 29.2 Å². The minimum absolute atomic E-state index is 0.0355. The monoisotopic (exact) mass is 396 g/mol. The number of hydrogen-bond donors (Lipinski definition) is 1. The second-order valence-electron chi connectivity index (χ2n) is 6.91. The molecule has 1 heterocycles. The Morgan fingerprint density at radius 2 is 1.86 bits per heavy atom. The molecule has 1 atom stereocenters. The van der Waals surface area contributed by atoms with Crippen molar-refractivity contribution in [1.29, 1.82) is 0 Å². The highest BCUT2D eigenvalue weighted by molar-refractivity contribution is 6.05. The van der Waals surface area contributed by atoms with Crippen LogP contribution < -0.4 is 15.0 Å². The summed E-state index contributed by atoms with van der Waals surface area (Å²) in [5.41, 5.74) is 2.14. The van der Waals surface area contributed by atoms with E-state index in [0.717, 1.165) is 5.56 Å². The van der Waals surface area contributed by atoms with E-state index in [0.29, 0.717) is 17.1 Å². The van der Waals surface area contributed by atoms with Gasteiger partial charge in [-0.15, -0.1) is 0 Å². The first-order valence-electron chi connectivity index (χ1n) is 9.50. The SMILES string of the molecule is Cc1ccccc1OCCC(=O)OCC(=O)N1c2ccccc2NC(=O)C[C@@H]1C. The first-order valence-corrected chi connectivity index (χ1v) is 9.50. The molecule has 1 N–H and O–H groups in total. The molecule has 2 aromatic carbocycles. The van der Waals surface area contributed by atoms with Gasteiger partial charge in [-0.25, -0.2) is 0 Å². The van der Waals surface area contributed by atoms with Gasteiger partial charge in [-0.3, -0.25) is 14.4 Å². The molecule has 3 rings (SSSR count). The Bertz CT molecular complexity index is 912. The molecule has 0 spiro atoms. The molecule has 2 amide bonds. The average Bonchev–Trinajstić information content (AvgIpc) is 2.82. The standard InChI is InChI=1S/C22H24N2O5/c1-15-7-3-6-10-19(15)28-12-11-22(27)29-14-21(26)24-16(2)13-20(25)23-17-8-4-5-9-18(17)24/h3-10,16H,11-14H2,1-2H3,(H,23,25)/t16-/m0/s1. The minimum Gasteiger partial charge on any atom is -0.493 e. The fourth-order valence-corrected chi connectivity index (χ4v) is 3.21. The number of nitrogens with one attached hydrogen (secondary N) is 1. The summed E-state index contributed by atoms with van der Waals surface area (Å²) in [5, 5.41) is 2.79. The van der Waals surface area contributed by atoms with Crippen molar-refractivity contribution in [1.82, 2.24) is 0 Å². The van der Waals surface area contributed by atoms with Gasteiger partial charge < -0.3 is 19.7 Å². The highest BCUT2D eigenvalue weighted by Crippen LogP contribution is 2.31. The van der Waals surface area contributed by atoms with E-state index in [4.69, 9.17) is 9.47 Å². The van der Waals surface area contributed by atoms with Crippen LogP contribution in [0.3, 0.4) is 0 Å². The van der Waals surface area contributed by atoms with E-state index < -0.39 is 12.6 Å². The number of aryl methyl sites for hydroxylation is 1. The van der Waals surface area contributed by atoms with Crippen LogP contribution in [0.25, 0.3) is 0 Å². The molecule has 7 heteroatoms. The summed E-state index contributed by atoms with van der Waals surface area (Å²) in [7, 11) is 0. The predicted molar refractivity (Wildman–Crippen MR) is 109 cm³/mol. The van der Waals surface area contributed by atoms with Crippen molar-refractivity contribution in [3.63, 3.8) is 0 Å². The number of anilines is 2. The largest absolute Gasteiger partial charge is 0.493 e. The Kier molecular flexibility index (Phi) is 6.49. The normalized spacial score (nSPS) is 15.7. The molecule has 0 unspecified atom stereocenters. The van der Waals surface area contributed by atoms with Crippen LogP contribution in [0.15, 0.2) is 48.5 Å². The lowest BCUT2D eigenvalue weighted by molar-refractivity contribution is -0.148. The van der Waals surface area contributed by atoms with Gasteiger partial charge in [0.25, 0.3) is 5.91 Å². The number of nitrogens with zero attached hydrogens (tertiary/aromatic N) is 1. The van der Waals surface area contributed by atoms with Gasteiger partial charge in [-0.1, -0.05) is 30.3 Å². The Hall–Kier alpha value is -3.35. The van der Waals surface area contributed by atoms with Gasteiger partial charge in [0.1, 0.15) is 5.75 Å². The summed E-state index contributed by atoms with van der Waals surface area (Å²) in [6, 6.07) is 14.2. The third-order valence-electron chi connectivity index (χ3n) is 4.64. The molecule has 29 heavy (non-hydrogen) atoms. The fourth-order valence-electron chi connectivity index (χ4n) is 3.21. The molecule has 2 aromatic rings. The number of carbonyl (C=O) groups excluding carboxylic acids is 3. The van der Waals surface area contributed by atoms with E-state index in [-0.39, 0.29) is 37.3 Å². The van der Waals surface area contributed by atoms with Crippen molar-refractivity contribution in [2.45, 2.75) is 32.7 Å². The zero-order chi connectivity index (χ0) is 20.8. The van der Waals surface area contributed by atoms with Gasteiger partial charge in [0.2, 0.25) is 5.91 Å². The van der Waals surface area contributed by atoms with Gasteiger partial charge in [0, 0.05) is 12.5 Å². The maximum absolute atomic E-state index is 12.8. The summed E-state index contributed by atoms with van der Waals surface area (Å²) in [4.78, 5) is 38.3. The van der Waals surface area contributed by atoms with Gasteiger partial charge in [0.15, 0.2) is 6.61 Å². The molecule has 0 bridgehead atoms. The first-order chi connectivity index (χ1) is 14.0. The number of hydrogen-bond acceptors (Lipinski definition) is 5. The van der Waals surface area contributed by atoms with Gasteiger partial charge in [0.05, 0.1) is 24.4 Å². The number of para-hydroxylation sites is 3. The Labute approximate surface area is 169 Å². The molecular weight excluding hydrogens is 372 g/mol. The van der Waals surface area contributed by atoms with E-state index in [2.05, 4.69) is 5.32 Å². The number of fused-ring (bicyclic) bond motifs is 1. The number of carbonyl (C=O) groups is 3. The molecule has 0 radical (unpaired) electrons. The van der Waals surface area contributed by atoms with Crippen LogP contribution in [-0.4, -0.2) is 37.0 Å². The van der Waals surface area contributed by atoms with Gasteiger partial charge in [-0.05, 0) is 37.6 Å². The van der Waals surface area contributed by atoms with E-state index >= 15 is 0 Å². The van der Waals surface area contributed by atoms with Crippen molar-refractivity contribution in [3.05, 3.63) is 54.1 Å². The highest BCUT2D eigenvalue weighted by Gasteiger charge is 2.30. The van der Waals surface area contributed by atoms with Crippen molar-refractivity contribution in [2.24, 2.45) is 0 Å². The van der Waals surface area contributed by atoms with Crippen LogP contribution in [0, 0.1) is 6.92 Å². The third-order valence-corrected chi connectivity index (χ3v) is 4.64. The lowest BCUT2D eigenvalue weighted by Gasteiger charge is -2.27. The van der Waals surface area contributed by atoms with E-state index in [1.165, 1.54) is 4.90 Å². The number of ether oxygens (including phenoxy) is 2. The fraction of sp³-hybridized carbons (Fsp3) is 0.318. The average molecular weight is 396 g/mol.